The Morgan fingerprint density at radius 3 is 2.65 bits per heavy atom. The summed E-state index contributed by atoms with van der Waals surface area (Å²) in [6.45, 7) is 6.26. The number of carbonyl (C=O) groups is 1. The number of benzene rings is 1. The lowest BCUT2D eigenvalue weighted by Crippen LogP contribution is -2.48. The Hall–Kier alpha value is -1.39. The predicted octanol–water partition coefficient (Wildman–Crippen LogP) is 2.81. The second kappa shape index (κ2) is 7.02. The number of ether oxygens (including phenoxy) is 1. The number of nitrogens with zero attached hydrogens (tertiary/aromatic N) is 1. The summed E-state index contributed by atoms with van der Waals surface area (Å²) >= 11 is 0. The molecule has 3 atom stereocenters. The van der Waals surface area contributed by atoms with Gasteiger partial charge in [0.25, 0.3) is 5.91 Å². The number of aliphatic hydroxyl groups is 1. The van der Waals surface area contributed by atoms with Crippen LogP contribution in [0.5, 0.6) is 0 Å². The van der Waals surface area contributed by atoms with Crippen molar-refractivity contribution in [2.75, 3.05) is 19.8 Å². The maximum absolute atomic E-state index is 12.9. The average molecular weight is 317 g/mol. The highest BCUT2D eigenvalue weighted by Crippen LogP contribution is 2.31. The van der Waals surface area contributed by atoms with Gasteiger partial charge in [-0.1, -0.05) is 26.0 Å². The number of hydrogen-bond donors (Lipinski definition) is 1. The van der Waals surface area contributed by atoms with Gasteiger partial charge in [0.05, 0.1) is 12.7 Å². The molecule has 0 spiro atoms. The zero-order chi connectivity index (χ0) is 16.4. The van der Waals surface area contributed by atoms with E-state index in [4.69, 9.17) is 4.74 Å². The molecule has 23 heavy (non-hydrogen) atoms. The Kier molecular flexibility index (Phi) is 5.02. The van der Waals surface area contributed by atoms with Crippen LogP contribution in [0.4, 0.5) is 0 Å². The average Bonchev–Trinajstić information content (AvgIpc) is 3.04. The minimum atomic E-state index is -0.356. The van der Waals surface area contributed by atoms with Crippen LogP contribution < -0.4 is 0 Å². The van der Waals surface area contributed by atoms with Gasteiger partial charge in [0, 0.05) is 30.7 Å². The molecular formula is C19H27NO3. The van der Waals surface area contributed by atoms with Crippen LogP contribution in [0.2, 0.25) is 0 Å². The molecule has 4 nitrogen and oxygen atoms in total. The Morgan fingerprint density at radius 2 is 2.00 bits per heavy atom. The van der Waals surface area contributed by atoms with Crippen molar-refractivity contribution in [1.82, 2.24) is 4.90 Å². The van der Waals surface area contributed by atoms with E-state index in [1.807, 2.05) is 29.2 Å². The van der Waals surface area contributed by atoms with Crippen LogP contribution in [-0.2, 0) is 4.74 Å². The number of carbonyl (C=O) groups excluding carboxylic acids is 1. The van der Waals surface area contributed by atoms with E-state index in [9.17, 15) is 9.90 Å². The first-order valence-corrected chi connectivity index (χ1v) is 8.74. The van der Waals surface area contributed by atoms with Crippen LogP contribution in [0.3, 0.4) is 0 Å². The molecule has 0 bridgehead atoms. The molecule has 1 amide bonds. The van der Waals surface area contributed by atoms with E-state index in [1.165, 1.54) is 5.56 Å². The van der Waals surface area contributed by atoms with E-state index in [0.717, 1.165) is 24.9 Å². The number of hydrogen-bond acceptors (Lipinski definition) is 3. The summed E-state index contributed by atoms with van der Waals surface area (Å²) in [5.41, 5.74) is 1.99. The molecule has 3 rings (SSSR count). The molecule has 2 saturated heterocycles. The third-order valence-corrected chi connectivity index (χ3v) is 5.24. The zero-order valence-electron chi connectivity index (χ0n) is 14.1. The lowest BCUT2D eigenvalue weighted by molar-refractivity contribution is -0.0589. The summed E-state index contributed by atoms with van der Waals surface area (Å²) in [5.74, 6) is 0.596. The van der Waals surface area contributed by atoms with Crippen molar-refractivity contribution < 1.29 is 14.6 Å². The lowest BCUT2D eigenvalue weighted by Gasteiger charge is -2.37. The highest BCUT2D eigenvalue weighted by Gasteiger charge is 2.39. The van der Waals surface area contributed by atoms with E-state index in [-0.39, 0.29) is 24.0 Å². The maximum atomic E-state index is 12.9. The van der Waals surface area contributed by atoms with Crippen molar-refractivity contribution >= 4 is 5.91 Å². The van der Waals surface area contributed by atoms with Crippen LogP contribution in [-0.4, -0.2) is 47.8 Å². The van der Waals surface area contributed by atoms with E-state index < -0.39 is 0 Å². The Labute approximate surface area is 138 Å². The predicted molar refractivity (Wildman–Crippen MR) is 89.5 cm³/mol. The molecule has 1 aromatic rings. The molecule has 126 valence electrons. The standard InChI is InChI=1S/C19H27NO3/c1-13(2)14-5-7-15(8-6-14)19(22)20-10-3-4-17(20)16-12-23-11-9-18(16)21/h5-8,13,16-18,21H,3-4,9-12H2,1-2H3. The monoisotopic (exact) mass is 317 g/mol. The fraction of sp³-hybridized carbons (Fsp3) is 0.632. The van der Waals surface area contributed by atoms with Gasteiger partial charge in [0.1, 0.15) is 0 Å². The van der Waals surface area contributed by atoms with Crippen molar-refractivity contribution in [1.29, 1.82) is 0 Å². The fourth-order valence-electron chi connectivity index (χ4n) is 3.78. The summed E-state index contributed by atoms with van der Waals surface area (Å²) in [6, 6.07) is 8.05. The van der Waals surface area contributed by atoms with Crippen molar-refractivity contribution in [3.05, 3.63) is 35.4 Å². The molecule has 1 N–H and O–H groups in total. The summed E-state index contributed by atoms with van der Waals surface area (Å²) in [7, 11) is 0. The molecule has 0 saturated carbocycles. The Bertz CT molecular complexity index is 540. The van der Waals surface area contributed by atoms with Gasteiger partial charge in [-0.3, -0.25) is 4.79 Å². The van der Waals surface area contributed by atoms with Crippen LogP contribution in [0.15, 0.2) is 24.3 Å². The Balaban J connectivity index is 1.75. The lowest BCUT2D eigenvalue weighted by atomic mass is 9.89. The van der Waals surface area contributed by atoms with E-state index in [0.29, 0.717) is 25.6 Å². The third kappa shape index (κ3) is 3.43. The number of aliphatic hydroxyl groups excluding tert-OH is 1. The number of likely N-dealkylation sites (tertiary alicyclic amines) is 1. The van der Waals surface area contributed by atoms with Gasteiger partial charge in [0.15, 0.2) is 0 Å². The maximum Gasteiger partial charge on any atom is 0.254 e. The first-order valence-electron chi connectivity index (χ1n) is 8.74. The molecule has 2 heterocycles. The second-order valence-electron chi connectivity index (χ2n) is 7.08. The molecule has 2 aliphatic rings. The molecule has 1 aromatic carbocycles. The van der Waals surface area contributed by atoms with E-state index in [2.05, 4.69) is 13.8 Å². The molecule has 0 aromatic heterocycles. The van der Waals surface area contributed by atoms with Crippen molar-refractivity contribution in [3.63, 3.8) is 0 Å². The van der Waals surface area contributed by atoms with Gasteiger partial charge in [0.2, 0.25) is 0 Å². The fourth-order valence-corrected chi connectivity index (χ4v) is 3.78. The molecule has 3 unspecified atom stereocenters. The van der Waals surface area contributed by atoms with Crippen molar-refractivity contribution in [3.8, 4) is 0 Å². The molecular weight excluding hydrogens is 290 g/mol. The minimum Gasteiger partial charge on any atom is -0.393 e. The van der Waals surface area contributed by atoms with Gasteiger partial charge < -0.3 is 14.7 Å². The molecule has 2 fully saturated rings. The molecule has 0 aliphatic carbocycles. The smallest absolute Gasteiger partial charge is 0.254 e. The summed E-state index contributed by atoms with van der Waals surface area (Å²) in [4.78, 5) is 14.8. The van der Waals surface area contributed by atoms with Crippen LogP contribution in [0, 0.1) is 5.92 Å². The minimum absolute atomic E-state index is 0.0464. The van der Waals surface area contributed by atoms with Crippen molar-refractivity contribution in [2.24, 2.45) is 5.92 Å². The second-order valence-corrected chi connectivity index (χ2v) is 7.08. The molecule has 0 radical (unpaired) electrons. The molecule has 4 heteroatoms. The zero-order valence-corrected chi connectivity index (χ0v) is 14.1. The van der Waals surface area contributed by atoms with Crippen LogP contribution >= 0.6 is 0 Å². The summed E-state index contributed by atoms with van der Waals surface area (Å²) in [6.07, 6.45) is 2.28. The number of rotatable bonds is 3. The van der Waals surface area contributed by atoms with Crippen molar-refractivity contribution in [2.45, 2.75) is 51.2 Å². The first-order chi connectivity index (χ1) is 11.1. The third-order valence-electron chi connectivity index (χ3n) is 5.24. The SMILES string of the molecule is CC(C)c1ccc(C(=O)N2CCCC2C2COCCC2O)cc1. The van der Waals surface area contributed by atoms with Gasteiger partial charge in [-0.25, -0.2) is 0 Å². The topological polar surface area (TPSA) is 49.8 Å². The molecule has 2 aliphatic heterocycles. The Morgan fingerprint density at radius 1 is 1.26 bits per heavy atom. The largest absolute Gasteiger partial charge is 0.393 e. The van der Waals surface area contributed by atoms with E-state index in [1.54, 1.807) is 0 Å². The summed E-state index contributed by atoms with van der Waals surface area (Å²) < 4.78 is 5.54. The van der Waals surface area contributed by atoms with Gasteiger partial charge in [-0.05, 0) is 42.9 Å². The van der Waals surface area contributed by atoms with Crippen LogP contribution in [0.25, 0.3) is 0 Å². The summed E-state index contributed by atoms with van der Waals surface area (Å²) in [5, 5.41) is 10.3. The van der Waals surface area contributed by atoms with Gasteiger partial charge >= 0.3 is 0 Å². The first kappa shape index (κ1) is 16.5. The highest BCUT2D eigenvalue weighted by atomic mass is 16.5. The van der Waals surface area contributed by atoms with E-state index >= 15 is 0 Å². The normalized spacial score (nSPS) is 28.3. The van der Waals surface area contributed by atoms with Gasteiger partial charge in [-0.15, -0.1) is 0 Å². The number of amides is 1. The quantitative estimate of drug-likeness (QED) is 0.932. The highest BCUT2D eigenvalue weighted by molar-refractivity contribution is 5.94. The van der Waals surface area contributed by atoms with Crippen LogP contribution in [0.1, 0.15) is 54.9 Å². The van der Waals surface area contributed by atoms with Gasteiger partial charge in [-0.2, -0.15) is 0 Å².